The number of nitrogens with one attached hydrogen (secondary N) is 1. The molecule has 0 aliphatic carbocycles. The van der Waals surface area contributed by atoms with E-state index in [0.29, 0.717) is 17.5 Å². The van der Waals surface area contributed by atoms with E-state index in [4.69, 9.17) is 4.74 Å². The Bertz CT molecular complexity index is 691. The Morgan fingerprint density at radius 3 is 2.77 bits per heavy atom. The molecule has 1 aromatic carbocycles. The van der Waals surface area contributed by atoms with Crippen molar-refractivity contribution in [3.05, 3.63) is 30.3 Å². The van der Waals surface area contributed by atoms with Crippen LogP contribution in [0.4, 0.5) is 9.93 Å². The molecule has 0 bridgehead atoms. The summed E-state index contributed by atoms with van der Waals surface area (Å²) in [4.78, 5) is 20.7. The number of aliphatic hydroxyl groups is 1. The van der Waals surface area contributed by atoms with Gasteiger partial charge >= 0.3 is 6.03 Å². The molecule has 0 saturated carbocycles. The van der Waals surface area contributed by atoms with E-state index in [1.807, 2.05) is 30.3 Å². The van der Waals surface area contributed by atoms with E-state index >= 15 is 0 Å². The Morgan fingerprint density at radius 1 is 1.27 bits per heavy atom. The molecular formula is C17H23N5O3S. The molecule has 0 spiro atoms. The van der Waals surface area contributed by atoms with Crippen LogP contribution in [0.15, 0.2) is 30.3 Å². The summed E-state index contributed by atoms with van der Waals surface area (Å²) in [6.45, 7) is 4.66. The number of amides is 2. The minimum atomic E-state index is -0.275. The third-order valence-corrected chi connectivity index (χ3v) is 4.75. The molecular weight excluding hydrogens is 354 g/mol. The number of urea groups is 1. The summed E-state index contributed by atoms with van der Waals surface area (Å²) in [6, 6.07) is 9.34. The van der Waals surface area contributed by atoms with Gasteiger partial charge in [-0.15, -0.1) is 0 Å². The van der Waals surface area contributed by atoms with Gasteiger partial charge in [0.05, 0.1) is 19.8 Å². The van der Waals surface area contributed by atoms with Gasteiger partial charge in [0.25, 0.3) is 0 Å². The van der Waals surface area contributed by atoms with Crippen LogP contribution in [0.2, 0.25) is 0 Å². The first kappa shape index (κ1) is 18.7. The van der Waals surface area contributed by atoms with Crippen LogP contribution in [0.1, 0.15) is 0 Å². The lowest BCUT2D eigenvalue weighted by atomic mass is 10.2. The van der Waals surface area contributed by atoms with Gasteiger partial charge in [-0.1, -0.05) is 30.3 Å². The van der Waals surface area contributed by atoms with E-state index in [-0.39, 0.29) is 19.2 Å². The van der Waals surface area contributed by atoms with Crippen molar-refractivity contribution in [1.82, 2.24) is 19.2 Å². The molecule has 1 saturated heterocycles. The van der Waals surface area contributed by atoms with Gasteiger partial charge in [-0.25, -0.2) is 4.79 Å². The maximum absolute atomic E-state index is 12.5. The van der Waals surface area contributed by atoms with Gasteiger partial charge < -0.3 is 14.7 Å². The molecule has 9 heteroatoms. The Kier molecular flexibility index (Phi) is 6.89. The second-order valence-electron chi connectivity index (χ2n) is 5.88. The van der Waals surface area contributed by atoms with Crippen molar-refractivity contribution in [3.63, 3.8) is 0 Å². The van der Waals surface area contributed by atoms with Crippen molar-refractivity contribution < 1.29 is 14.6 Å². The number of rotatable bonds is 7. The van der Waals surface area contributed by atoms with Crippen LogP contribution in [-0.2, 0) is 4.74 Å². The number of nitrogens with zero attached hydrogens (tertiary/aromatic N) is 4. The van der Waals surface area contributed by atoms with Crippen molar-refractivity contribution in [1.29, 1.82) is 0 Å². The Hall–Kier alpha value is -2.07. The van der Waals surface area contributed by atoms with Crippen LogP contribution in [0.5, 0.6) is 0 Å². The minimum absolute atomic E-state index is 0.0814. The Balaban J connectivity index is 1.56. The van der Waals surface area contributed by atoms with Crippen molar-refractivity contribution >= 4 is 22.7 Å². The van der Waals surface area contributed by atoms with E-state index in [2.05, 4.69) is 19.6 Å². The molecule has 140 valence electrons. The molecule has 1 fully saturated rings. The molecule has 8 nitrogen and oxygen atoms in total. The summed E-state index contributed by atoms with van der Waals surface area (Å²) in [7, 11) is 0. The van der Waals surface area contributed by atoms with Crippen molar-refractivity contribution in [2.45, 2.75) is 0 Å². The summed E-state index contributed by atoms with van der Waals surface area (Å²) in [6.07, 6.45) is 0. The largest absolute Gasteiger partial charge is 0.395 e. The van der Waals surface area contributed by atoms with Crippen LogP contribution in [0.3, 0.4) is 0 Å². The second-order valence-corrected chi connectivity index (χ2v) is 6.64. The maximum atomic E-state index is 12.5. The summed E-state index contributed by atoms with van der Waals surface area (Å²) in [5.74, 6) is 0.591. The first-order valence-electron chi connectivity index (χ1n) is 8.62. The van der Waals surface area contributed by atoms with Gasteiger partial charge in [-0.05, 0) is 0 Å². The van der Waals surface area contributed by atoms with E-state index < -0.39 is 0 Å². The molecule has 1 aliphatic rings. The molecule has 2 amide bonds. The molecule has 2 aromatic rings. The first-order chi connectivity index (χ1) is 12.8. The van der Waals surface area contributed by atoms with Crippen molar-refractivity contribution in [2.75, 3.05) is 57.9 Å². The van der Waals surface area contributed by atoms with E-state index in [0.717, 1.165) is 49.9 Å². The number of aliphatic hydroxyl groups excluding tert-OH is 1. The van der Waals surface area contributed by atoms with Crippen molar-refractivity contribution in [2.24, 2.45) is 0 Å². The number of ether oxygens (including phenoxy) is 1. The highest BCUT2D eigenvalue weighted by Crippen LogP contribution is 2.20. The molecule has 2 heterocycles. The lowest BCUT2D eigenvalue weighted by Gasteiger charge is -2.29. The topological polar surface area (TPSA) is 90.8 Å². The first-order valence-corrected chi connectivity index (χ1v) is 9.39. The predicted molar refractivity (Wildman–Crippen MR) is 100 cm³/mol. The third-order valence-electron chi connectivity index (χ3n) is 4.12. The fraction of sp³-hybridized carbons (Fsp3) is 0.471. The monoisotopic (exact) mass is 377 g/mol. The van der Waals surface area contributed by atoms with Gasteiger partial charge in [-0.2, -0.15) is 9.36 Å². The SMILES string of the molecule is O=C(Nc1nc(-c2ccccc2)ns1)N(CCO)CCN1CCOCC1. The standard InChI is InChI=1S/C17H23N5O3S/c23-11-8-22(7-6-21-9-12-25-13-10-21)17(24)19-16-18-15(20-26-16)14-4-2-1-3-5-14/h1-5,23H,6-13H2,(H,18,19,20,24). The maximum Gasteiger partial charge on any atom is 0.323 e. The molecule has 0 atom stereocenters. The van der Waals surface area contributed by atoms with Gasteiger partial charge in [0.15, 0.2) is 5.82 Å². The number of anilines is 1. The average molecular weight is 377 g/mol. The molecule has 1 aromatic heterocycles. The molecule has 26 heavy (non-hydrogen) atoms. The highest BCUT2D eigenvalue weighted by molar-refractivity contribution is 7.10. The number of aromatic nitrogens is 2. The fourth-order valence-electron chi connectivity index (χ4n) is 2.67. The Labute approximate surface area is 156 Å². The number of morpholine rings is 1. The molecule has 3 rings (SSSR count). The van der Waals surface area contributed by atoms with Crippen LogP contribution in [0.25, 0.3) is 11.4 Å². The summed E-state index contributed by atoms with van der Waals surface area (Å²) >= 11 is 1.15. The summed E-state index contributed by atoms with van der Waals surface area (Å²) in [5.41, 5.74) is 0.906. The lowest BCUT2D eigenvalue weighted by molar-refractivity contribution is 0.0346. The molecule has 0 radical (unpaired) electrons. The number of carbonyl (C=O) groups is 1. The van der Waals surface area contributed by atoms with Gasteiger partial charge in [0, 0.05) is 49.8 Å². The van der Waals surface area contributed by atoms with Crippen molar-refractivity contribution in [3.8, 4) is 11.4 Å². The third kappa shape index (κ3) is 5.21. The van der Waals surface area contributed by atoms with Gasteiger partial charge in [-0.3, -0.25) is 10.2 Å². The number of hydrogen-bond acceptors (Lipinski definition) is 7. The predicted octanol–water partition coefficient (Wildman–Crippen LogP) is 1.36. The zero-order chi connectivity index (χ0) is 18.2. The highest BCUT2D eigenvalue weighted by Gasteiger charge is 2.18. The molecule has 1 aliphatic heterocycles. The second kappa shape index (κ2) is 9.58. The fourth-order valence-corrected chi connectivity index (χ4v) is 3.25. The van der Waals surface area contributed by atoms with E-state index in [1.54, 1.807) is 4.90 Å². The average Bonchev–Trinajstić information content (AvgIpc) is 3.15. The van der Waals surface area contributed by atoms with Gasteiger partial charge in [0.2, 0.25) is 5.13 Å². The number of carbonyl (C=O) groups excluding carboxylic acids is 1. The smallest absolute Gasteiger partial charge is 0.323 e. The summed E-state index contributed by atoms with van der Waals surface area (Å²) < 4.78 is 9.62. The van der Waals surface area contributed by atoms with E-state index in [1.165, 1.54) is 0 Å². The quantitative estimate of drug-likeness (QED) is 0.757. The molecule has 0 unspecified atom stereocenters. The summed E-state index contributed by atoms with van der Waals surface area (Å²) in [5, 5.41) is 12.5. The lowest BCUT2D eigenvalue weighted by Crippen LogP contribution is -2.45. The van der Waals surface area contributed by atoms with Crippen LogP contribution < -0.4 is 5.32 Å². The zero-order valence-corrected chi connectivity index (χ0v) is 15.3. The van der Waals surface area contributed by atoms with Crippen LogP contribution >= 0.6 is 11.5 Å². The number of hydrogen-bond donors (Lipinski definition) is 2. The highest BCUT2D eigenvalue weighted by atomic mass is 32.1. The number of benzene rings is 1. The Morgan fingerprint density at radius 2 is 2.04 bits per heavy atom. The minimum Gasteiger partial charge on any atom is -0.395 e. The van der Waals surface area contributed by atoms with E-state index in [9.17, 15) is 9.90 Å². The molecule has 2 N–H and O–H groups in total. The van der Waals surface area contributed by atoms with Crippen LogP contribution in [0, 0.1) is 0 Å². The van der Waals surface area contributed by atoms with Gasteiger partial charge in [0.1, 0.15) is 0 Å². The van der Waals surface area contributed by atoms with Crippen LogP contribution in [-0.4, -0.2) is 82.8 Å². The zero-order valence-electron chi connectivity index (χ0n) is 14.5. The normalized spacial score (nSPS) is 15.0.